The van der Waals surface area contributed by atoms with Gasteiger partial charge in [-0.05, 0) is 54.3 Å². The van der Waals surface area contributed by atoms with Crippen molar-refractivity contribution >= 4 is 37.3 Å². The summed E-state index contributed by atoms with van der Waals surface area (Å²) in [7, 11) is -4.56. The SMILES string of the molecule is O=[N+]([O-])c1ccccc1S(=O)(=O)N1c2cccc(Br)c2CC[C@@H]1c1cccc(OC(F)(F)C(F)F)c1. The van der Waals surface area contributed by atoms with Gasteiger partial charge in [-0.1, -0.05) is 46.3 Å². The Morgan fingerprint density at radius 1 is 1.08 bits per heavy atom. The van der Waals surface area contributed by atoms with Crippen molar-refractivity contribution in [2.24, 2.45) is 0 Å². The predicted octanol–water partition coefficient (Wildman–Crippen LogP) is 6.48. The third-order valence-corrected chi connectivity index (χ3v) is 8.25. The molecule has 0 saturated heterocycles. The van der Waals surface area contributed by atoms with Crippen LogP contribution in [0.4, 0.5) is 28.9 Å². The molecule has 7 nitrogen and oxygen atoms in total. The van der Waals surface area contributed by atoms with E-state index in [9.17, 15) is 36.1 Å². The molecule has 1 atom stereocenters. The number of anilines is 1. The van der Waals surface area contributed by atoms with E-state index in [-0.39, 0.29) is 17.7 Å². The normalized spacial score (nSPS) is 16.1. The van der Waals surface area contributed by atoms with Crippen LogP contribution in [0.15, 0.2) is 76.1 Å². The van der Waals surface area contributed by atoms with Gasteiger partial charge in [-0.25, -0.2) is 8.42 Å². The molecule has 0 amide bonds. The number of para-hydroxylation sites is 1. The molecule has 0 N–H and O–H groups in total. The summed E-state index contributed by atoms with van der Waals surface area (Å²) in [6, 6.07) is 13.5. The second kappa shape index (κ2) is 9.69. The van der Waals surface area contributed by atoms with E-state index in [0.29, 0.717) is 16.5 Å². The number of hydrogen-bond acceptors (Lipinski definition) is 5. The Hall–Kier alpha value is -3.19. The van der Waals surface area contributed by atoms with Gasteiger partial charge in [-0.15, -0.1) is 0 Å². The second-order valence-electron chi connectivity index (χ2n) is 7.85. The van der Waals surface area contributed by atoms with Crippen molar-refractivity contribution in [2.45, 2.75) is 36.3 Å². The van der Waals surface area contributed by atoms with Crippen LogP contribution in [0.5, 0.6) is 5.75 Å². The van der Waals surface area contributed by atoms with Crippen LogP contribution < -0.4 is 9.04 Å². The maximum Gasteiger partial charge on any atom is 0.461 e. The standard InChI is InChI=1S/C23H17BrF4N2O5S/c24-17-7-4-9-19-16(17)11-12-18(14-5-3-6-15(13-14)35-23(27,28)22(25)26)29(19)36(33,34)21-10-2-1-8-20(21)30(31)32/h1-10,13,18,22H,11-12H2/t18-/m1/s1. The Balaban J connectivity index is 1.88. The van der Waals surface area contributed by atoms with E-state index in [4.69, 9.17) is 0 Å². The minimum Gasteiger partial charge on any atom is -0.428 e. The van der Waals surface area contributed by atoms with Crippen LogP contribution in [0.25, 0.3) is 0 Å². The summed E-state index contributed by atoms with van der Waals surface area (Å²) < 4.78 is 86.0. The van der Waals surface area contributed by atoms with Crippen molar-refractivity contribution in [3.63, 3.8) is 0 Å². The van der Waals surface area contributed by atoms with Crippen molar-refractivity contribution in [1.29, 1.82) is 0 Å². The topological polar surface area (TPSA) is 89.8 Å². The summed E-state index contributed by atoms with van der Waals surface area (Å²) in [6.45, 7) is 0. The minimum absolute atomic E-state index is 0.171. The molecule has 0 aliphatic carbocycles. The molecule has 1 heterocycles. The summed E-state index contributed by atoms with van der Waals surface area (Å²) >= 11 is 3.40. The summed E-state index contributed by atoms with van der Waals surface area (Å²) in [4.78, 5) is 10.2. The monoisotopic (exact) mass is 588 g/mol. The largest absolute Gasteiger partial charge is 0.461 e. The molecule has 1 aliphatic rings. The lowest BCUT2D eigenvalue weighted by Gasteiger charge is -2.38. The van der Waals surface area contributed by atoms with Gasteiger partial charge in [0.15, 0.2) is 4.90 Å². The lowest BCUT2D eigenvalue weighted by atomic mass is 9.93. The zero-order chi connectivity index (χ0) is 26.3. The molecule has 13 heteroatoms. The van der Waals surface area contributed by atoms with Crippen LogP contribution >= 0.6 is 15.9 Å². The van der Waals surface area contributed by atoms with Crippen LogP contribution in [-0.2, 0) is 16.4 Å². The number of ether oxygens (including phenoxy) is 1. The average molecular weight is 589 g/mol. The predicted molar refractivity (Wildman–Crippen MR) is 126 cm³/mol. The molecule has 3 aromatic carbocycles. The molecule has 0 fully saturated rings. The van der Waals surface area contributed by atoms with E-state index in [1.165, 1.54) is 30.3 Å². The number of nitrogens with zero attached hydrogens (tertiary/aromatic N) is 2. The molecule has 0 spiro atoms. The van der Waals surface area contributed by atoms with Crippen LogP contribution in [0.1, 0.15) is 23.6 Å². The fourth-order valence-corrected chi connectivity index (χ4v) is 6.50. The highest BCUT2D eigenvalue weighted by Gasteiger charge is 2.44. The zero-order valence-corrected chi connectivity index (χ0v) is 20.6. The smallest absolute Gasteiger partial charge is 0.428 e. The number of benzene rings is 3. The van der Waals surface area contributed by atoms with Crippen molar-refractivity contribution in [3.05, 3.63) is 92.4 Å². The molecule has 190 valence electrons. The number of alkyl halides is 4. The summed E-state index contributed by atoms with van der Waals surface area (Å²) in [5.41, 5.74) is 0.424. The molecule has 3 aromatic rings. The van der Waals surface area contributed by atoms with E-state index >= 15 is 0 Å². The van der Waals surface area contributed by atoms with E-state index < -0.39 is 49.9 Å². The lowest BCUT2D eigenvalue weighted by Crippen LogP contribution is -2.39. The van der Waals surface area contributed by atoms with Crippen LogP contribution in [0, 0.1) is 10.1 Å². The van der Waals surface area contributed by atoms with Gasteiger partial charge in [0, 0.05) is 10.5 Å². The molecule has 0 radical (unpaired) electrons. The minimum atomic E-state index is -4.75. The number of nitro groups is 1. The van der Waals surface area contributed by atoms with Gasteiger partial charge in [0.2, 0.25) is 0 Å². The zero-order valence-electron chi connectivity index (χ0n) is 18.2. The molecular weight excluding hydrogens is 572 g/mol. The second-order valence-corrected chi connectivity index (χ2v) is 10.5. The summed E-state index contributed by atoms with van der Waals surface area (Å²) in [5.74, 6) is -0.583. The molecule has 0 aromatic heterocycles. The Morgan fingerprint density at radius 2 is 1.78 bits per heavy atom. The van der Waals surface area contributed by atoms with E-state index in [1.54, 1.807) is 12.1 Å². The highest BCUT2D eigenvalue weighted by molar-refractivity contribution is 9.10. The van der Waals surface area contributed by atoms with Gasteiger partial charge in [-0.2, -0.15) is 17.6 Å². The highest BCUT2D eigenvalue weighted by Crippen LogP contribution is 2.46. The fourth-order valence-electron chi connectivity index (χ4n) is 4.09. The van der Waals surface area contributed by atoms with Crippen molar-refractivity contribution < 1.29 is 35.6 Å². The van der Waals surface area contributed by atoms with Gasteiger partial charge in [0.05, 0.1) is 16.7 Å². The first kappa shape index (κ1) is 25.9. The van der Waals surface area contributed by atoms with Crippen molar-refractivity contribution in [2.75, 3.05) is 4.31 Å². The van der Waals surface area contributed by atoms with Crippen LogP contribution in [0.2, 0.25) is 0 Å². The number of rotatable bonds is 7. The third kappa shape index (κ3) is 4.76. The van der Waals surface area contributed by atoms with Crippen molar-refractivity contribution in [1.82, 2.24) is 0 Å². The number of hydrogen-bond donors (Lipinski definition) is 0. The average Bonchev–Trinajstić information content (AvgIpc) is 2.83. The van der Waals surface area contributed by atoms with Gasteiger partial charge >= 0.3 is 12.5 Å². The van der Waals surface area contributed by atoms with E-state index in [1.807, 2.05) is 0 Å². The number of sulfonamides is 1. The van der Waals surface area contributed by atoms with Gasteiger partial charge in [0.1, 0.15) is 5.75 Å². The van der Waals surface area contributed by atoms with Gasteiger partial charge in [0.25, 0.3) is 15.7 Å². The van der Waals surface area contributed by atoms with Gasteiger partial charge in [-0.3, -0.25) is 14.4 Å². The number of nitro benzene ring substituents is 1. The maximum atomic E-state index is 13.9. The Bertz CT molecular complexity index is 1420. The fraction of sp³-hybridized carbons (Fsp3) is 0.217. The summed E-state index contributed by atoms with van der Waals surface area (Å²) in [5, 5.41) is 11.6. The Labute approximate surface area is 211 Å². The first-order valence-electron chi connectivity index (χ1n) is 10.4. The van der Waals surface area contributed by atoms with E-state index in [2.05, 4.69) is 20.7 Å². The maximum absolute atomic E-state index is 13.9. The molecule has 0 bridgehead atoms. The van der Waals surface area contributed by atoms with Gasteiger partial charge < -0.3 is 4.74 Å². The first-order chi connectivity index (χ1) is 16.9. The van der Waals surface area contributed by atoms with Crippen LogP contribution in [-0.4, -0.2) is 25.9 Å². The summed E-state index contributed by atoms with van der Waals surface area (Å²) in [6.07, 6.45) is -8.28. The lowest BCUT2D eigenvalue weighted by molar-refractivity contribution is -0.387. The first-order valence-corrected chi connectivity index (χ1v) is 12.7. The molecule has 4 rings (SSSR count). The number of halogens is 5. The molecule has 36 heavy (non-hydrogen) atoms. The molecule has 0 unspecified atom stereocenters. The molecular formula is C23H17BrF4N2O5S. The van der Waals surface area contributed by atoms with E-state index in [0.717, 1.165) is 28.6 Å². The number of fused-ring (bicyclic) bond motifs is 1. The molecule has 0 saturated carbocycles. The van der Waals surface area contributed by atoms with Crippen LogP contribution in [0.3, 0.4) is 0 Å². The Morgan fingerprint density at radius 3 is 2.47 bits per heavy atom. The third-order valence-electron chi connectivity index (χ3n) is 5.63. The highest BCUT2D eigenvalue weighted by atomic mass is 79.9. The quantitative estimate of drug-likeness (QED) is 0.179. The molecule has 1 aliphatic heterocycles. The Kier molecular flexibility index (Phi) is 6.97. The van der Waals surface area contributed by atoms with Crippen molar-refractivity contribution in [3.8, 4) is 5.75 Å².